The summed E-state index contributed by atoms with van der Waals surface area (Å²) in [5.41, 5.74) is 2.64. The van der Waals surface area contributed by atoms with Crippen molar-refractivity contribution in [2.75, 3.05) is 6.54 Å². The van der Waals surface area contributed by atoms with Gasteiger partial charge in [0.05, 0.1) is 11.6 Å². The second-order valence-corrected chi connectivity index (χ2v) is 7.64. The summed E-state index contributed by atoms with van der Waals surface area (Å²) in [6, 6.07) is 13.1. The molecule has 6 heteroatoms. The molecule has 0 saturated heterocycles. The highest BCUT2D eigenvalue weighted by molar-refractivity contribution is 7.10. The number of carbonyl (C=O) groups excluding carboxylic acids is 1. The molecule has 0 fully saturated rings. The van der Waals surface area contributed by atoms with Crippen LogP contribution in [0.3, 0.4) is 0 Å². The molecule has 2 aromatic heterocycles. The van der Waals surface area contributed by atoms with E-state index in [0.29, 0.717) is 17.1 Å². The summed E-state index contributed by atoms with van der Waals surface area (Å²) >= 11 is 13.9. The monoisotopic (exact) mass is 388 g/mol. The summed E-state index contributed by atoms with van der Waals surface area (Å²) in [7, 11) is 0. The van der Waals surface area contributed by atoms with Gasteiger partial charge in [0.25, 0.3) is 5.91 Å². The van der Waals surface area contributed by atoms with Gasteiger partial charge in [0.1, 0.15) is 5.15 Å². The summed E-state index contributed by atoms with van der Waals surface area (Å²) in [6.45, 7) is 0.644. The Hall–Kier alpha value is -1.88. The van der Waals surface area contributed by atoms with Crippen molar-refractivity contribution in [2.45, 2.75) is 12.5 Å². The molecule has 3 heterocycles. The molecule has 1 aliphatic heterocycles. The van der Waals surface area contributed by atoms with E-state index in [1.165, 1.54) is 10.4 Å². The highest BCUT2D eigenvalue weighted by Gasteiger charge is 2.34. The van der Waals surface area contributed by atoms with E-state index in [2.05, 4.69) is 16.4 Å². The molecule has 0 bridgehead atoms. The van der Waals surface area contributed by atoms with Gasteiger partial charge in [-0.25, -0.2) is 4.98 Å². The van der Waals surface area contributed by atoms with Gasteiger partial charge in [-0.2, -0.15) is 0 Å². The quantitative estimate of drug-likeness (QED) is 0.562. The maximum atomic E-state index is 13.2. The van der Waals surface area contributed by atoms with Crippen LogP contribution >= 0.6 is 34.5 Å². The Morgan fingerprint density at radius 2 is 1.96 bits per heavy atom. The fourth-order valence-electron chi connectivity index (χ4n) is 3.24. The van der Waals surface area contributed by atoms with Crippen molar-refractivity contribution in [3.8, 4) is 0 Å². The van der Waals surface area contributed by atoms with Gasteiger partial charge in [0, 0.05) is 22.6 Å². The summed E-state index contributed by atoms with van der Waals surface area (Å²) in [5.74, 6) is -0.102. The lowest BCUT2D eigenvalue weighted by atomic mass is 9.92. The third kappa shape index (κ3) is 3.06. The Labute approximate surface area is 159 Å². The molecule has 0 aliphatic carbocycles. The van der Waals surface area contributed by atoms with Crippen LogP contribution < -0.4 is 0 Å². The van der Waals surface area contributed by atoms with E-state index >= 15 is 0 Å². The number of amides is 1. The van der Waals surface area contributed by atoms with Crippen molar-refractivity contribution < 1.29 is 4.79 Å². The first-order valence-electron chi connectivity index (χ1n) is 7.88. The number of hydrogen-bond donors (Lipinski definition) is 0. The average Bonchev–Trinajstić information content (AvgIpc) is 3.10. The van der Waals surface area contributed by atoms with Crippen molar-refractivity contribution in [3.63, 3.8) is 0 Å². The van der Waals surface area contributed by atoms with E-state index in [9.17, 15) is 4.79 Å². The lowest BCUT2D eigenvalue weighted by Gasteiger charge is -2.36. The second kappa shape index (κ2) is 6.79. The number of thiophene rings is 1. The number of aromatic nitrogens is 1. The molecule has 0 spiro atoms. The first kappa shape index (κ1) is 16.6. The molecule has 0 N–H and O–H groups in total. The van der Waals surface area contributed by atoms with Crippen LogP contribution in [-0.2, 0) is 6.42 Å². The molecule has 3 nitrogen and oxygen atoms in total. The lowest BCUT2D eigenvalue weighted by molar-refractivity contribution is 0.0696. The predicted molar refractivity (Wildman–Crippen MR) is 102 cm³/mol. The number of hydrogen-bond acceptors (Lipinski definition) is 3. The maximum Gasteiger partial charge on any atom is 0.257 e. The summed E-state index contributed by atoms with van der Waals surface area (Å²) in [6.07, 6.45) is 2.43. The molecular weight excluding hydrogens is 375 g/mol. The van der Waals surface area contributed by atoms with Crippen LogP contribution in [0.15, 0.2) is 54.0 Å². The molecule has 4 rings (SSSR count). The molecule has 25 heavy (non-hydrogen) atoms. The normalized spacial score (nSPS) is 16.6. The summed E-state index contributed by atoms with van der Waals surface area (Å²) in [5, 5.41) is 3.00. The molecule has 1 atom stereocenters. The topological polar surface area (TPSA) is 33.2 Å². The van der Waals surface area contributed by atoms with Gasteiger partial charge in [-0.1, -0.05) is 35.3 Å². The van der Waals surface area contributed by atoms with Gasteiger partial charge in [-0.3, -0.25) is 4.79 Å². The molecule has 3 aromatic rings. The zero-order valence-electron chi connectivity index (χ0n) is 13.2. The Morgan fingerprint density at radius 1 is 1.16 bits per heavy atom. The number of benzene rings is 1. The zero-order chi connectivity index (χ0) is 17.4. The number of rotatable bonds is 2. The minimum Gasteiger partial charge on any atom is -0.327 e. The van der Waals surface area contributed by atoms with Crippen LogP contribution in [0.5, 0.6) is 0 Å². The van der Waals surface area contributed by atoms with Crippen molar-refractivity contribution in [2.24, 2.45) is 0 Å². The number of halogens is 2. The molecular formula is C19H14Cl2N2OS. The smallest absolute Gasteiger partial charge is 0.257 e. The fourth-order valence-corrected chi connectivity index (χ4v) is 4.47. The minimum atomic E-state index is -0.143. The van der Waals surface area contributed by atoms with Gasteiger partial charge in [-0.15, -0.1) is 11.3 Å². The van der Waals surface area contributed by atoms with Crippen LogP contribution in [-0.4, -0.2) is 22.3 Å². The van der Waals surface area contributed by atoms with Crippen molar-refractivity contribution in [3.05, 3.63) is 85.8 Å². The van der Waals surface area contributed by atoms with Crippen LogP contribution in [0.25, 0.3) is 0 Å². The first-order valence-corrected chi connectivity index (χ1v) is 9.52. The van der Waals surface area contributed by atoms with Crippen LogP contribution in [0.2, 0.25) is 10.2 Å². The highest BCUT2D eigenvalue weighted by Crippen LogP contribution is 2.39. The van der Waals surface area contributed by atoms with Gasteiger partial charge in [0.15, 0.2) is 0 Å². The average molecular weight is 389 g/mol. The largest absolute Gasteiger partial charge is 0.327 e. The minimum absolute atomic E-state index is 0.102. The molecule has 1 amide bonds. The van der Waals surface area contributed by atoms with Crippen molar-refractivity contribution in [1.29, 1.82) is 0 Å². The zero-order valence-corrected chi connectivity index (χ0v) is 15.5. The number of pyridine rings is 1. The van der Waals surface area contributed by atoms with Gasteiger partial charge < -0.3 is 4.90 Å². The molecule has 0 unspecified atom stereocenters. The van der Waals surface area contributed by atoms with E-state index in [0.717, 1.165) is 12.0 Å². The number of nitrogens with zero attached hydrogens (tertiary/aromatic N) is 2. The molecule has 126 valence electrons. The third-order valence-electron chi connectivity index (χ3n) is 4.40. The van der Waals surface area contributed by atoms with Crippen LogP contribution in [0, 0.1) is 0 Å². The summed E-state index contributed by atoms with van der Waals surface area (Å²) in [4.78, 5) is 20.4. The molecule has 1 aliphatic rings. The molecule has 0 saturated carbocycles. The van der Waals surface area contributed by atoms with E-state index in [1.54, 1.807) is 29.7 Å². The van der Waals surface area contributed by atoms with E-state index in [-0.39, 0.29) is 17.1 Å². The third-order valence-corrected chi connectivity index (χ3v) is 5.95. The number of carbonyl (C=O) groups is 1. The van der Waals surface area contributed by atoms with Gasteiger partial charge >= 0.3 is 0 Å². The second-order valence-electron chi connectivity index (χ2n) is 5.84. The Bertz CT molecular complexity index is 923. The van der Waals surface area contributed by atoms with Crippen LogP contribution in [0.1, 0.15) is 32.4 Å². The summed E-state index contributed by atoms with van der Waals surface area (Å²) < 4.78 is 0. The van der Waals surface area contributed by atoms with Crippen molar-refractivity contribution in [1.82, 2.24) is 9.88 Å². The predicted octanol–water partition coefficient (Wildman–Crippen LogP) is 5.24. The van der Waals surface area contributed by atoms with E-state index < -0.39 is 0 Å². The maximum absolute atomic E-state index is 13.2. The van der Waals surface area contributed by atoms with Gasteiger partial charge in [-0.05, 0) is 53.3 Å². The standard InChI is InChI=1S/C19H14Cl2N2OS/c20-13-5-3-12(4-6-13)17-14-8-11-25-16(14)7-10-23(17)19(24)15-2-1-9-22-18(15)21/h1-6,8-9,11,17H,7,10H2/t17-/m0/s1. The Kier molecular flexibility index (Phi) is 4.50. The van der Waals surface area contributed by atoms with Crippen molar-refractivity contribution >= 4 is 40.4 Å². The van der Waals surface area contributed by atoms with E-state index in [1.807, 2.05) is 29.2 Å². The van der Waals surface area contributed by atoms with Crippen LogP contribution in [0.4, 0.5) is 0 Å². The lowest BCUT2D eigenvalue weighted by Crippen LogP contribution is -2.40. The van der Waals surface area contributed by atoms with Gasteiger partial charge in [0.2, 0.25) is 0 Å². The highest BCUT2D eigenvalue weighted by atomic mass is 35.5. The Balaban J connectivity index is 1.79. The number of fused-ring (bicyclic) bond motifs is 1. The van der Waals surface area contributed by atoms with E-state index in [4.69, 9.17) is 23.2 Å². The Morgan fingerprint density at radius 3 is 2.72 bits per heavy atom. The SMILES string of the molecule is O=C(c1cccnc1Cl)N1CCc2sccc2[C@@H]1c1ccc(Cl)cc1. The molecule has 1 aromatic carbocycles. The first-order chi connectivity index (χ1) is 12.1. The fraction of sp³-hybridized carbons (Fsp3) is 0.158. The molecule has 0 radical (unpaired) electrons.